The van der Waals surface area contributed by atoms with Crippen molar-refractivity contribution < 1.29 is 4.79 Å². The summed E-state index contributed by atoms with van der Waals surface area (Å²) in [5.41, 5.74) is 1.31. The number of piperazine rings is 1. The Labute approximate surface area is 153 Å². The number of halogens is 1. The van der Waals surface area contributed by atoms with Gasteiger partial charge in [-0.2, -0.15) is 0 Å². The molecule has 1 unspecified atom stereocenters. The molecule has 0 aromatic heterocycles. The van der Waals surface area contributed by atoms with Gasteiger partial charge in [0.05, 0.1) is 5.92 Å². The second kappa shape index (κ2) is 8.45. The first-order valence-corrected chi connectivity index (χ1v) is 9.93. The molecule has 0 radical (unpaired) electrons. The number of hydrogen-bond donors (Lipinski definition) is 0. The number of hydrogen-bond acceptors (Lipinski definition) is 3. The molecule has 2 aliphatic heterocycles. The van der Waals surface area contributed by atoms with Crippen molar-refractivity contribution in [1.82, 2.24) is 14.7 Å². The molecule has 0 N–H and O–H groups in total. The van der Waals surface area contributed by atoms with Crippen LogP contribution in [0.15, 0.2) is 28.7 Å². The van der Waals surface area contributed by atoms with Crippen molar-refractivity contribution >= 4 is 21.8 Å². The van der Waals surface area contributed by atoms with Crippen LogP contribution in [-0.4, -0.2) is 66.4 Å². The third-order valence-corrected chi connectivity index (χ3v) is 5.77. The second-order valence-corrected chi connectivity index (χ2v) is 7.88. The van der Waals surface area contributed by atoms with Crippen LogP contribution in [0, 0.1) is 5.92 Å². The quantitative estimate of drug-likeness (QED) is 0.786. The summed E-state index contributed by atoms with van der Waals surface area (Å²) >= 11 is 3.54. The average Bonchev–Trinajstić information content (AvgIpc) is 2.61. The minimum absolute atomic E-state index is 0.180. The van der Waals surface area contributed by atoms with Crippen LogP contribution in [0.4, 0.5) is 0 Å². The summed E-state index contributed by atoms with van der Waals surface area (Å²) in [4.78, 5) is 19.8. The van der Waals surface area contributed by atoms with Gasteiger partial charge in [0.2, 0.25) is 5.91 Å². The Morgan fingerprint density at radius 2 is 1.96 bits per heavy atom. The lowest BCUT2D eigenvalue weighted by Crippen LogP contribution is -2.52. The van der Waals surface area contributed by atoms with Crippen molar-refractivity contribution in [1.29, 1.82) is 0 Å². The van der Waals surface area contributed by atoms with Gasteiger partial charge >= 0.3 is 0 Å². The Balaban J connectivity index is 1.54. The number of nitrogens with zero attached hydrogens (tertiary/aromatic N) is 3. The highest BCUT2D eigenvalue weighted by Crippen LogP contribution is 2.22. The van der Waals surface area contributed by atoms with Crippen molar-refractivity contribution in [3.63, 3.8) is 0 Å². The number of amides is 1. The fourth-order valence-corrected chi connectivity index (χ4v) is 4.28. The predicted molar refractivity (Wildman–Crippen MR) is 101 cm³/mol. The van der Waals surface area contributed by atoms with Crippen LogP contribution < -0.4 is 0 Å². The molecule has 4 nitrogen and oxygen atoms in total. The highest BCUT2D eigenvalue weighted by molar-refractivity contribution is 9.10. The van der Waals surface area contributed by atoms with Gasteiger partial charge in [0, 0.05) is 43.7 Å². The zero-order valence-electron chi connectivity index (χ0n) is 14.6. The number of benzene rings is 1. The number of carbonyl (C=O) groups excluding carboxylic acids is 1. The van der Waals surface area contributed by atoms with Crippen LogP contribution in [0.2, 0.25) is 0 Å². The summed E-state index contributed by atoms with van der Waals surface area (Å²) in [6.07, 6.45) is 2.17. The first kappa shape index (κ1) is 17.9. The van der Waals surface area contributed by atoms with Gasteiger partial charge in [-0.1, -0.05) is 35.0 Å². The maximum Gasteiger partial charge on any atom is 0.227 e. The Morgan fingerprint density at radius 1 is 1.17 bits per heavy atom. The van der Waals surface area contributed by atoms with Gasteiger partial charge in [-0.15, -0.1) is 0 Å². The van der Waals surface area contributed by atoms with Crippen LogP contribution in [-0.2, 0) is 11.3 Å². The molecule has 0 bridgehead atoms. The lowest BCUT2D eigenvalue weighted by molar-refractivity contribution is -0.139. The molecular weight excluding hydrogens is 366 g/mol. The standard InChI is InChI=1S/C19H28BrN3O/c1-2-21-9-11-23(12-10-21)19(24)17-6-4-8-22(15-17)14-16-5-3-7-18(20)13-16/h3,5,7,13,17H,2,4,6,8-12,14-15H2,1H3. The SMILES string of the molecule is CCN1CCN(C(=O)C2CCCN(Cc3cccc(Br)c3)C2)CC1. The van der Waals surface area contributed by atoms with Crippen molar-refractivity contribution in [2.45, 2.75) is 26.3 Å². The summed E-state index contributed by atoms with van der Waals surface area (Å²) in [6, 6.07) is 8.48. The molecule has 1 amide bonds. The third kappa shape index (κ3) is 4.58. The van der Waals surface area contributed by atoms with E-state index in [2.05, 4.69) is 61.8 Å². The molecule has 3 rings (SSSR count). The molecule has 0 saturated carbocycles. The van der Waals surface area contributed by atoms with Crippen LogP contribution in [0.5, 0.6) is 0 Å². The van der Waals surface area contributed by atoms with Crippen LogP contribution in [0.1, 0.15) is 25.3 Å². The molecule has 2 fully saturated rings. The van der Waals surface area contributed by atoms with Crippen LogP contribution in [0.25, 0.3) is 0 Å². The first-order chi connectivity index (χ1) is 11.7. The van der Waals surface area contributed by atoms with Gasteiger partial charge in [-0.25, -0.2) is 0 Å². The Morgan fingerprint density at radius 3 is 2.67 bits per heavy atom. The predicted octanol–water partition coefficient (Wildman–Crippen LogP) is 2.83. The molecule has 2 saturated heterocycles. The van der Waals surface area contributed by atoms with Gasteiger partial charge in [0.1, 0.15) is 0 Å². The highest BCUT2D eigenvalue weighted by atomic mass is 79.9. The van der Waals surface area contributed by atoms with Crippen molar-refractivity contribution in [3.8, 4) is 0 Å². The minimum Gasteiger partial charge on any atom is -0.340 e. The van der Waals surface area contributed by atoms with Gasteiger partial charge < -0.3 is 9.80 Å². The van der Waals surface area contributed by atoms with E-state index in [1.165, 1.54) is 5.56 Å². The van der Waals surface area contributed by atoms with E-state index in [0.29, 0.717) is 5.91 Å². The Bertz CT molecular complexity index is 557. The largest absolute Gasteiger partial charge is 0.340 e. The summed E-state index contributed by atoms with van der Waals surface area (Å²) in [6.45, 7) is 10.1. The third-order valence-electron chi connectivity index (χ3n) is 5.28. The summed E-state index contributed by atoms with van der Waals surface area (Å²) < 4.78 is 1.12. The lowest BCUT2D eigenvalue weighted by Gasteiger charge is -2.38. The van der Waals surface area contributed by atoms with E-state index in [4.69, 9.17) is 0 Å². The number of carbonyl (C=O) groups is 1. The molecule has 0 aliphatic carbocycles. The maximum absolute atomic E-state index is 12.9. The first-order valence-electron chi connectivity index (χ1n) is 9.13. The van der Waals surface area contributed by atoms with E-state index >= 15 is 0 Å². The summed E-state index contributed by atoms with van der Waals surface area (Å²) in [5.74, 6) is 0.559. The van der Waals surface area contributed by atoms with E-state index in [-0.39, 0.29) is 5.92 Å². The molecule has 1 aromatic rings. The number of piperidine rings is 1. The highest BCUT2D eigenvalue weighted by Gasteiger charge is 2.30. The van der Waals surface area contributed by atoms with E-state index in [9.17, 15) is 4.79 Å². The topological polar surface area (TPSA) is 26.8 Å². The normalized spacial score (nSPS) is 23.4. The lowest BCUT2D eigenvalue weighted by atomic mass is 9.95. The molecule has 0 spiro atoms. The minimum atomic E-state index is 0.180. The van der Waals surface area contributed by atoms with Gasteiger partial charge in [-0.3, -0.25) is 9.69 Å². The second-order valence-electron chi connectivity index (χ2n) is 6.96. The number of likely N-dealkylation sites (N-methyl/N-ethyl adjacent to an activating group) is 1. The van der Waals surface area contributed by atoms with Crippen molar-refractivity contribution in [2.24, 2.45) is 5.92 Å². The summed E-state index contributed by atoms with van der Waals surface area (Å²) in [5, 5.41) is 0. The van der Waals surface area contributed by atoms with Crippen molar-refractivity contribution in [3.05, 3.63) is 34.3 Å². The Kier molecular flexibility index (Phi) is 6.31. The van der Waals surface area contributed by atoms with E-state index in [0.717, 1.165) is 69.7 Å². The summed E-state index contributed by atoms with van der Waals surface area (Å²) in [7, 11) is 0. The fourth-order valence-electron chi connectivity index (χ4n) is 3.84. The van der Waals surface area contributed by atoms with E-state index in [1.54, 1.807) is 0 Å². The van der Waals surface area contributed by atoms with Crippen LogP contribution >= 0.6 is 15.9 Å². The van der Waals surface area contributed by atoms with Crippen LogP contribution in [0.3, 0.4) is 0 Å². The smallest absolute Gasteiger partial charge is 0.227 e. The maximum atomic E-state index is 12.9. The molecular formula is C19H28BrN3O. The zero-order valence-corrected chi connectivity index (χ0v) is 16.2. The number of likely N-dealkylation sites (tertiary alicyclic amines) is 1. The molecule has 2 heterocycles. The molecule has 1 atom stereocenters. The van der Waals surface area contributed by atoms with E-state index < -0.39 is 0 Å². The fraction of sp³-hybridized carbons (Fsp3) is 0.632. The molecule has 1 aromatic carbocycles. The molecule has 2 aliphatic rings. The van der Waals surface area contributed by atoms with Gasteiger partial charge in [-0.05, 0) is 43.6 Å². The van der Waals surface area contributed by atoms with Crippen molar-refractivity contribution in [2.75, 3.05) is 45.8 Å². The average molecular weight is 394 g/mol. The molecule has 5 heteroatoms. The van der Waals surface area contributed by atoms with E-state index in [1.807, 2.05) is 0 Å². The molecule has 24 heavy (non-hydrogen) atoms. The van der Waals surface area contributed by atoms with Gasteiger partial charge in [0.25, 0.3) is 0 Å². The molecule has 132 valence electrons. The Hall–Kier alpha value is -0.910. The van der Waals surface area contributed by atoms with Gasteiger partial charge in [0.15, 0.2) is 0 Å². The monoisotopic (exact) mass is 393 g/mol. The number of rotatable bonds is 4. The zero-order chi connectivity index (χ0) is 16.9.